The number of hydrogen-bond acceptors (Lipinski definition) is 1. The highest BCUT2D eigenvalue weighted by Gasteiger charge is 2.41. The molecule has 0 amide bonds. The van der Waals surface area contributed by atoms with Gasteiger partial charge in [0, 0.05) is 5.92 Å². The lowest BCUT2D eigenvalue weighted by Crippen LogP contribution is -2.38. The van der Waals surface area contributed by atoms with E-state index in [0.29, 0.717) is 17.8 Å². The van der Waals surface area contributed by atoms with E-state index >= 15 is 0 Å². The molecule has 0 aromatic carbocycles. The molecule has 1 fully saturated rings. The average molecular weight is 185 g/mol. The summed E-state index contributed by atoms with van der Waals surface area (Å²) in [5.41, 5.74) is 0. The fourth-order valence-electron chi connectivity index (χ4n) is 2.63. The minimum Gasteiger partial charge on any atom is -0.281 e. The van der Waals surface area contributed by atoms with Crippen LogP contribution in [0.1, 0.15) is 19.8 Å². The predicted molar refractivity (Wildman–Crippen MR) is 48.9 cm³/mol. The van der Waals surface area contributed by atoms with Crippen LogP contribution in [-0.4, -0.2) is 5.24 Å². The number of carbonyl (C=O) groups is 1. The Balaban J connectivity index is 2.26. The van der Waals surface area contributed by atoms with Crippen LogP contribution in [0.4, 0.5) is 0 Å². The molecule has 1 nitrogen and oxygen atoms in total. The maximum absolute atomic E-state index is 11.1. The van der Waals surface area contributed by atoms with Crippen LogP contribution in [0.3, 0.4) is 0 Å². The lowest BCUT2D eigenvalue weighted by atomic mass is 9.63. The molecule has 0 radical (unpaired) electrons. The molecule has 2 heteroatoms. The van der Waals surface area contributed by atoms with Crippen molar-refractivity contribution in [3.63, 3.8) is 0 Å². The van der Waals surface area contributed by atoms with Crippen LogP contribution < -0.4 is 0 Å². The third kappa shape index (κ3) is 1.11. The first kappa shape index (κ1) is 8.31. The van der Waals surface area contributed by atoms with E-state index in [0.717, 1.165) is 6.42 Å². The minimum absolute atomic E-state index is 0.0930. The Morgan fingerprint density at radius 3 is 2.25 bits per heavy atom. The number of halogens is 1. The summed E-state index contributed by atoms with van der Waals surface area (Å²) in [4.78, 5) is 11.1. The zero-order valence-corrected chi connectivity index (χ0v) is 7.92. The monoisotopic (exact) mass is 184 g/mol. The Labute approximate surface area is 77.8 Å². The van der Waals surface area contributed by atoms with Crippen molar-refractivity contribution in [3.05, 3.63) is 12.2 Å². The first-order valence-corrected chi connectivity index (χ1v) is 4.95. The van der Waals surface area contributed by atoms with Crippen molar-refractivity contribution in [1.82, 2.24) is 0 Å². The molecule has 0 aromatic heterocycles. The van der Waals surface area contributed by atoms with Crippen LogP contribution in [0.5, 0.6) is 0 Å². The highest BCUT2D eigenvalue weighted by Crippen LogP contribution is 2.45. The van der Waals surface area contributed by atoms with Crippen LogP contribution in [0, 0.1) is 23.7 Å². The third-order valence-electron chi connectivity index (χ3n) is 3.40. The molecular formula is C10H13ClO. The molecule has 66 valence electrons. The molecule has 12 heavy (non-hydrogen) atoms. The lowest BCUT2D eigenvalue weighted by molar-refractivity contribution is -0.119. The second-order valence-corrected chi connectivity index (χ2v) is 4.35. The first-order chi connectivity index (χ1) is 5.70. The van der Waals surface area contributed by atoms with Crippen molar-refractivity contribution in [2.75, 3.05) is 0 Å². The summed E-state index contributed by atoms with van der Waals surface area (Å²) in [6, 6.07) is 0. The fourth-order valence-corrected chi connectivity index (χ4v) is 2.99. The van der Waals surface area contributed by atoms with Crippen molar-refractivity contribution >= 4 is 16.8 Å². The van der Waals surface area contributed by atoms with E-state index in [1.165, 1.54) is 6.42 Å². The van der Waals surface area contributed by atoms with Gasteiger partial charge in [0.05, 0.1) is 0 Å². The van der Waals surface area contributed by atoms with Gasteiger partial charge in [-0.25, -0.2) is 0 Å². The summed E-state index contributed by atoms with van der Waals surface area (Å²) in [6.07, 6.45) is 6.83. The molecule has 3 aliphatic rings. The van der Waals surface area contributed by atoms with Gasteiger partial charge >= 0.3 is 0 Å². The molecule has 1 saturated carbocycles. The number of hydrogen-bond donors (Lipinski definition) is 0. The Kier molecular flexibility index (Phi) is 1.99. The zero-order chi connectivity index (χ0) is 8.72. The zero-order valence-electron chi connectivity index (χ0n) is 7.16. The van der Waals surface area contributed by atoms with E-state index in [1.807, 2.05) is 0 Å². The molecule has 0 saturated heterocycles. The topological polar surface area (TPSA) is 17.1 Å². The van der Waals surface area contributed by atoms with Crippen LogP contribution >= 0.6 is 11.6 Å². The second kappa shape index (κ2) is 2.88. The van der Waals surface area contributed by atoms with Gasteiger partial charge in [0.15, 0.2) is 0 Å². The molecule has 0 aromatic rings. The molecule has 0 unspecified atom stereocenters. The second-order valence-electron chi connectivity index (χ2n) is 3.98. The Hall–Kier alpha value is -0.300. The van der Waals surface area contributed by atoms with Gasteiger partial charge in [0.1, 0.15) is 0 Å². The summed E-state index contributed by atoms with van der Waals surface area (Å²) < 4.78 is 0. The van der Waals surface area contributed by atoms with Crippen molar-refractivity contribution < 1.29 is 4.79 Å². The van der Waals surface area contributed by atoms with Gasteiger partial charge in [0.2, 0.25) is 5.24 Å². The minimum atomic E-state index is -0.137. The Morgan fingerprint density at radius 2 is 1.92 bits per heavy atom. The largest absolute Gasteiger partial charge is 0.281 e. The van der Waals surface area contributed by atoms with Gasteiger partial charge in [-0.1, -0.05) is 19.1 Å². The summed E-state index contributed by atoms with van der Waals surface area (Å²) in [5.74, 6) is 1.58. The highest BCUT2D eigenvalue weighted by molar-refractivity contribution is 6.64. The van der Waals surface area contributed by atoms with Gasteiger partial charge in [-0.2, -0.15) is 0 Å². The summed E-state index contributed by atoms with van der Waals surface area (Å²) >= 11 is 5.57. The quantitative estimate of drug-likeness (QED) is 0.452. The van der Waals surface area contributed by atoms with Crippen molar-refractivity contribution in [2.24, 2.45) is 23.7 Å². The van der Waals surface area contributed by atoms with Crippen molar-refractivity contribution in [1.29, 1.82) is 0 Å². The summed E-state index contributed by atoms with van der Waals surface area (Å²) in [5, 5.41) is -0.137. The smallest absolute Gasteiger partial charge is 0.225 e. The van der Waals surface area contributed by atoms with Gasteiger partial charge in [-0.3, -0.25) is 4.79 Å². The van der Waals surface area contributed by atoms with Gasteiger partial charge in [-0.05, 0) is 42.2 Å². The number of fused-ring (bicyclic) bond motifs is 2. The molecule has 2 bridgehead atoms. The molecule has 4 atom stereocenters. The SMILES string of the molecule is C[C@H]1[C@H](C(=O)Cl)[C@@H]2C=C[C@H]1CC2. The number of rotatable bonds is 1. The maximum atomic E-state index is 11.1. The van der Waals surface area contributed by atoms with E-state index in [2.05, 4.69) is 19.1 Å². The highest BCUT2D eigenvalue weighted by atomic mass is 35.5. The average Bonchev–Trinajstić information content (AvgIpc) is 2.05. The Bertz CT molecular complexity index is 234. The van der Waals surface area contributed by atoms with E-state index in [4.69, 9.17) is 11.6 Å². The summed E-state index contributed by atoms with van der Waals surface area (Å²) in [7, 11) is 0. The molecule has 3 aliphatic carbocycles. The van der Waals surface area contributed by atoms with Crippen LogP contribution in [-0.2, 0) is 4.79 Å². The fraction of sp³-hybridized carbons (Fsp3) is 0.700. The number of allylic oxidation sites excluding steroid dienone is 2. The van der Waals surface area contributed by atoms with E-state index < -0.39 is 0 Å². The maximum Gasteiger partial charge on any atom is 0.225 e. The molecule has 3 rings (SSSR count). The lowest BCUT2D eigenvalue weighted by Gasteiger charge is -2.41. The molecule has 0 aliphatic heterocycles. The molecule has 0 heterocycles. The number of carbonyl (C=O) groups excluding carboxylic acids is 1. The normalized spacial score (nSPS) is 44.8. The standard InChI is InChI=1S/C10H13ClO/c1-6-7-2-4-8(5-3-7)9(6)10(11)12/h2,4,6-9H,3,5H2,1H3/t6-,7+,8-,9+/m1/s1. The van der Waals surface area contributed by atoms with E-state index in [1.54, 1.807) is 0 Å². The van der Waals surface area contributed by atoms with Crippen molar-refractivity contribution in [2.45, 2.75) is 19.8 Å². The summed E-state index contributed by atoms with van der Waals surface area (Å²) in [6.45, 7) is 2.14. The molecular weight excluding hydrogens is 172 g/mol. The van der Waals surface area contributed by atoms with Crippen LogP contribution in [0.25, 0.3) is 0 Å². The molecule has 0 spiro atoms. The van der Waals surface area contributed by atoms with Crippen molar-refractivity contribution in [3.8, 4) is 0 Å². The van der Waals surface area contributed by atoms with E-state index in [-0.39, 0.29) is 11.2 Å². The Morgan fingerprint density at radius 1 is 1.33 bits per heavy atom. The first-order valence-electron chi connectivity index (χ1n) is 4.58. The van der Waals surface area contributed by atoms with Gasteiger partial charge < -0.3 is 0 Å². The van der Waals surface area contributed by atoms with E-state index in [9.17, 15) is 4.79 Å². The predicted octanol–water partition coefficient (Wildman–Crippen LogP) is 2.60. The van der Waals surface area contributed by atoms with Crippen LogP contribution in [0.2, 0.25) is 0 Å². The van der Waals surface area contributed by atoms with Crippen LogP contribution in [0.15, 0.2) is 12.2 Å². The van der Waals surface area contributed by atoms with Gasteiger partial charge in [0.25, 0.3) is 0 Å². The third-order valence-corrected chi connectivity index (χ3v) is 3.66. The molecule has 0 N–H and O–H groups in total. The van der Waals surface area contributed by atoms with Gasteiger partial charge in [-0.15, -0.1) is 0 Å².